The van der Waals surface area contributed by atoms with Gasteiger partial charge in [-0.05, 0) is 24.3 Å². The van der Waals surface area contributed by atoms with Gasteiger partial charge < -0.3 is 18.3 Å². The van der Waals surface area contributed by atoms with Gasteiger partial charge in [0, 0.05) is 28.5 Å². The molecule has 0 bridgehead atoms. The fourth-order valence-corrected chi connectivity index (χ4v) is 3.04. The minimum Gasteiger partial charge on any atom is -0.482 e. The van der Waals surface area contributed by atoms with Crippen LogP contribution in [0.25, 0.3) is 33.1 Å². The van der Waals surface area contributed by atoms with E-state index in [-0.39, 0.29) is 24.4 Å². The van der Waals surface area contributed by atoms with Gasteiger partial charge in [0.25, 0.3) is 0 Å². The van der Waals surface area contributed by atoms with Crippen molar-refractivity contribution in [3.05, 3.63) is 88.1 Å². The molecule has 0 aliphatic rings. The molecule has 0 amide bonds. The van der Waals surface area contributed by atoms with Crippen LogP contribution in [0.15, 0.2) is 85.7 Å². The number of hydrogen-bond acceptors (Lipinski definition) is 7. The van der Waals surface area contributed by atoms with Gasteiger partial charge in [0.2, 0.25) is 0 Å². The predicted molar refractivity (Wildman–Crippen MR) is 111 cm³/mol. The Kier molecular flexibility index (Phi) is 5.17. The number of carbonyl (C=O) groups excluding carboxylic acids is 1. The van der Waals surface area contributed by atoms with Crippen molar-refractivity contribution in [3.63, 3.8) is 0 Å². The number of para-hydroxylation sites is 1. The Morgan fingerprint density at radius 2 is 1.80 bits per heavy atom. The Labute approximate surface area is 169 Å². The first-order valence-electron chi connectivity index (χ1n) is 9.05. The molecular formula is C23H16O7. The second-order valence-corrected chi connectivity index (χ2v) is 6.38. The van der Waals surface area contributed by atoms with E-state index in [0.29, 0.717) is 22.3 Å². The summed E-state index contributed by atoms with van der Waals surface area (Å²) >= 11 is 0. The maximum absolute atomic E-state index is 12.5. The van der Waals surface area contributed by atoms with Crippen molar-refractivity contribution in [1.29, 1.82) is 0 Å². The van der Waals surface area contributed by atoms with Crippen LogP contribution in [0.4, 0.5) is 0 Å². The van der Waals surface area contributed by atoms with Gasteiger partial charge in [-0.3, -0.25) is 0 Å². The van der Waals surface area contributed by atoms with Crippen molar-refractivity contribution < 1.29 is 23.1 Å². The van der Waals surface area contributed by atoms with Crippen LogP contribution in [0.3, 0.4) is 0 Å². The Bertz CT molecular complexity index is 1380. The van der Waals surface area contributed by atoms with Gasteiger partial charge in [-0.25, -0.2) is 14.4 Å². The average molecular weight is 404 g/mol. The third-order valence-corrected chi connectivity index (χ3v) is 4.37. The summed E-state index contributed by atoms with van der Waals surface area (Å²) in [4.78, 5) is 36.2. The summed E-state index contributed by atoms with van der Waals surface area (Å²) in [6.07, 6.45) is 1.45. The smallest absolute Gasteiger partial charge is 0.344 e. The number of esters is 1. The van der Waals surface area contributed by atoms with Crippen LogP contribution < -0.4 is 16.0 Å². The minimum absolute atomic E-state index is 0.0898. The van der Waals surface area contributed by atoms with Crippen LogP contribution in [-0.4, -0.2) is 19.2 Å². The number of benzene rings is 2. The van der Waals surface area contributed by atoms with Crippen LogP contribution >= 0.6 is 0 Å². The molecule has 30 heavy (non-hydrogen) atoms. The molecule has 0 N–H and O–H groups in total. The van der Waals surface area contributed by atoms with Gasteiger partial charge in [-0.2, -0.15) is 0 Å². The van der Waals surface area contributed by atoms with Gasteiger partial charge in [-0.15, -0.1) is 0 Å². The zero-order valence-corrected chi connectivity index (χ0v) is 15.8. The lowest BCUT2D eigenvalue weighted by Crippen LogP contribution is -2.14. The van der Waals surface area contributed by atoms with Crippen molar-refractivity contribution in [2.75, 3.05) is 13.2 Å². The van der Waals surface area contributed by atoms with E-state index in [0.717, 1.165) is 5.39 Å². The highest BCUT2D eigenvalue weighted by molar-refractivity contribution is 5.95. The average Bonchev–Trinajstić information content (AvgIpc) is 2.75. The van der Waals surface area contributed by atoms with Crippen LogP contribution in [0, 0.1) is 0 Å². The molecule has 0 saturated heterocycles. The first kappa shape index (κ1) is 19.2. The summed E-state index contributed by atoms with van der Waals surface area (Å²) in [5, 5.41) is 1.25. The van der Waals surface area contributed by atoms with Crippen molar-refractivity contribution in [3.8, 4) is 16.9 Å². The topological polar surface area (TPSA) is 96.0 Å². The highest BCUT2D eigenvalue weighted by Crippen LogP contribution is 2.29. The lowest BCUT2D eigenvalue weighted by molar-refractivity contribution is -0.144. The molecule has 7 nitrogen and oxygen atoms in total. The third kappa shape index (κ3) is 3.86. The number of fused-ring (bicyclic) bond motifs is 2. The lowest BCUT2D eigenvalue weighted by Gasteiger charge is -2.09. The molecule has 0 atom stereocenters. The van der Waals surface area contributed by atoms with Crippen LogP contribution in [-0.2, 0) is 9.53 Å². The minimum atomic E-state index is -0.632. The molecule has 2 heterocycles. The lowest BCUT2D eigenvalue weighted by atomic mass is 10.0. The molecule has 0 spiro atoms. The van der Waals surface area contributed by atoms with Crippen molar-refractivity contribution >= 4 is 27.9 Å². The first-order chi connectivity index (χ1) is 14.5. The van der Waals surface area contributed by atoms with E-state index >= 15 is 0 Å². The van der Waals surface area contributed by atoms with Crippen molar-refractivity contribution in [2.24, 2.45) is 0 Å². The Balaban J connectivity index is 1.74. The molecule has 0 radical (unpaired) electrons. The van der Waals surface area contributed by atoms with Crippen LogP contribution in [0.5, 0.6) is 5.75 Å². The summed E-state index contributed by atoms with van der Waals surface area (Å²) in [7, 11) is 0. The van der Waals surface area contributed by atoms with Crippen LogP contribution in [0.1, 0.15) is 0 Å². The molecular weight excluding hydrogens is 388 g/mol. The van der Waals surface area contributed by atoms with E-state index in [1.54, 1.807) is 30.3 Å². The molecule has 4 rings (SSSR count). The van der Waals surface area contributed by atoms with Crippen LogP contribution in [0.2, 0.25) is 0 Å². The molecule has 2 aromatic carbocycles. The van der Waals surface area contributed by atoms with Gasteiger partial charge in [-0.1, -0.05) is 30.9 Å². The number of rotatable bonds is 6. The molecule has 2 aromatic heterocycles. The maximum atomic E-state index is 12.5. The monoisotopic (exact) mass is 404 g/mol. The number of hydrogen-bond donors (Lipinski definition) is 0. The molecule has 150 valence electrons. The summed E-state index contributed by atoms with van der Waals surface area (Å²) in [5.41, 5.74) is 0.101. The first-order valence-corrected chi connectivity index (χ1v) is 9.05. The molecule has 7 heteroatoms. The number of ether oxygens (including phenoxy) is 2. The molecule has 0 aliphatic carbocycles. The van der Waals surface area contributed by atoms with Gasteiger partial charge in [0.15, 0.2) is 6.61 Å². The zero-order chi connectivity index (χ0) is 21.1. The highest BCUT2D eigenvalue weighted by atomic mass is 16.6. The summed E-state index contributed by atoms with van der Waals surface area (Å²) in [5.74, 6) is -0.247. The second kappa shape index (κ2) is 8.08. The van der Waals surface area contributed by atoms with E-state index in [1.807, 2.05) is 12.1 Å². The largest absolute Gasteiger partial charge is 0.482 e. The standard InChI is InChI=1S/C23H16O7/c1-2-9-27-22(25)13-28-15-7-8-16-17(12-21(24)29-20(16)11-15)18-10-14-5-3-4-6-19(14)30-23(18)26/h2-8,10-12H,1,9,13H2. The third-order valence-electron chi connectivity index (χ3n) is 4.37. The van der Waals surface area contributed by atoms with E-state index in [4.69, 9.17) is 18.3 Å². The van der Waals surface area contributed by atoms with E-state index < -0.39 is 17.2 Å². The normalized spacial score (nSPS) is 10.8. The van der Waals surface area contributed by atoms with Crippen molar-refractivity contribution in [2.45, 2.75) is 0 Å². The quantitative estimate of drug-likeness (QED) is 0.275. The maximum Gasteiger partial charge on any atom is 0.344 e. The summed E-state index contributed by atoms with van der Waals surface area (Å²) in [6, 6.07) is 14.8. The Morgan fingerprint density at radius 1 is 0.967 bits per heavy atom. The summed E-state index contributed by atoms with van der Waals surface area (Å²) < 4.78 is 20.9. The fraction of sp³-hybridized carbons (Fsp3) is 0.0870. The van der Waals surface area contributed by atoms with Crippen molar-refractivity contribution in [1.82, 2.24) is 0 Å². The van der Waals surface area contributed by atoms with E-state index in [1.165, 1.54) is 18.2 Å². The molecule has 0 aliphatic heterocycles. The predicted octanol–water partition coefficient (Wildman–Crippen LogP) is 3.67. The Morgan fingerprint density at radius 3 is 2.63 bits per heavy atom. The van der Waals surface area contributed by atoms with E-state index in [2.05, 4.69) is 6.58 Å². The molecule has 0 fully saturated rings. The fourth-order valence-electron chi connectivity index (χ4n) is 3.04. The Hall–Kier alpha value is -4.13. The summed E-state index contributed by atoms with van der Waals surface area (Å²) in [6.45, 7) is 3.24. The molecule has 4 aromatic rings. The number of carbonyl (C=O) groups is 1. The van der Waals surface area contributed by atoms with E-state index in [9.17, 15) is 14.4 Å². The molecule has 0 saturated carbocycles. The van der Waals surface area contributed by atoms with Gasteiger partial charge in [0.05, 0.1) is 5.56 Å². The van der Waals surface area contributed by atoms with Gasteiger partial charge in [0.1, 0.15) is 23.5 Å². The SMILES string of the molecule is C=CCOC(=O)COc1ccc2c(-c3cc4ccccc4oc3=O)cc(=O)oc2c1. The zero-order valence-electron chi connectivity index (χ0n) is 15.8. The second-order valence-electron chi connectivity index (χ2n) is 6.38. The van der Waals surface area contributed by atoms with Gasteiger partial charge >= 0.3 is 17.2 Å². The molecule has 0 unspecified atom stereocenters. The highest BCUT2D eigenvalue weighted by Gasteiger charge is 2.14.